The minimum absolute atomic E-state index is 0. The summed E-state index contributed by atoms with van der Waals surface area (Å²) < 4.78 is 0. The first-order valence-corrected chi connectivity index (χ1v) is 8.47. The highest BCUT2D eigenvalue weighted by Gasteiger charge is 2.16. The van der Waals surface area contributed by atoms with Gasteiger partial charge in [0.1, 0.15) is 0 Å². The number of hydrogen-bond donors (Lipinski definition) is 2. The Morgan fingerprint density at radius 3 is 2.75 bits per heavy atom. The van der Waals surface area contributed by atoms with Gasteiger partial charge in [-0.3, -0.25) is 4.79 Å². The molecule has 3 rings (SSSR count). The summed E-state index contributed by atoms with van der Waals surface area (Å²) in [4.78, 5) is 12.3. The van der Waals surface area contributed by atoms with Gasteiger partial charge >= 0.3 is 0 Å². The van der Waals surface area contributed by atoms with Crippen LogP contribution in [0, 0.1) is 0 Å². The van der Waals surface area contributed by atoms with E-state index in [1.165, 1.54) is 6.42 Å². The summed E-state index contributed by atoms with van der Waals surface area (Å²) >= 11 is 12.3. The van der Waals surface area contributed by atoms with Gasteiger partial charge in [0.2, 0.25) is 0 Å². The molecular weight excluding hydrogens is 367 g/mol. The Balaban J connectivity index is 0.00000208. The highest BCUT2D eigenvalue weighted by Crippen LogP contribution is 2.33. The topological polar surface area (TPSA) is 41.1 Å². The van der Waals surface area contributed by atoms with E-state index >= 15 is 0 Å². The maximum atomic E-state index is 12.3. The molecule has 1 amide bonds. The van der Waals surface area contributed by atoms with Crippen molar-refractivity contribution in [2.45, 2.75) is 18.9 Å². The van der Waals surface area contributed by atoms with Crippen molar-refractivity contribution in [2.24, 2.45) is 0 Å². The smallest absolute Gasteiger partial charge is 0.251 e. The van der Waals surface area contributed by atoms with Gasteiger partial charge in [0.05, 0.1) is 10.0 Å². The summed E-state index contributed by atoms with van der Waals surface area (Å²) in [7, 11) is 0. The third kappa shape index (κ3) is 4.42. The molecule has 1 aliphatic rings. The fourth-order valence-corrected chi connectivity index (χ4v) is 3.21. The zero-order chi connectivity index (χ0) is 16.2. The monoisotopic (exact) mass is 384 g/mol. The third-order valence-corrected chi connectivity index (χ3v) is 4.88. The van der Waals surface area contributed by atoms with E-state index in [4.69, 9.17) is 23.2 Å². The first kappa shape index (κ1) is 19.1. The van der Waals surface area contributed by atoms with Gasteiger partial charge in [-0.05, 0) is 43.1 Å². The summed E-state index contributed by atoms with van der Waals surface area (Å²) in [5.74, 6) is -0.0706. The highest BCUT2D eigenvalue weighted by atomic mass is 35.5. The predicted molar refractivity (Wildman–Crippen MR) is 103 cm³/mol. The van der Waals surface area contributed by atoms with E-state index in [0.717, 1.165) is 24.1 Å². The van der Waals surface area contributed by atoms with Crippen LogP contribution >= 0.6 is 35.6 Å². The summed E-state index contributed by atoms with van der Waals surface area (Å²) in [6.07, 6.45) is 2.28. The van der Waals surface area contributed by atoms with E-state index in [0.29, 0.717) is 28.2 Å². The van der Waals surface area contributed by atoms with Crippen LogP contribution in [0.1, 0.15) is 23.2 Å². The molecule has 1 aliphatic heterocycles. The van der Waals surface area contributed by atoms with Crippen molar-refractivity contribution in [3.63, 3.8) is 0 Å². The van der Waals surface area contributed by atoms with Crippen molar-refractivity contribution in [3.05, 3.63) is 58.1 Å². The molecular formula is C18H19Cl3N2O. The lowest BCUT2D eigenvalue weighted by atomic mass is 10.0. The fourth-order valence-electron chi connectivity index (χ4n) is 2.80. The Hall–Kier alpha value is -1.26. The van der Waals surface area contributed by atoms with Crippen molar-refractivity contribution in [1.29, 1.82) is 0 Å². The first-order valence-electron chi connectivity index (χ1n) is 7.71. The highest BCUT2D eigenvalue weighted by molar-refractivity contribution is 6.43. The van der Waals surface area contributed by atoms with E-state index in [1.54, 1.807) is 12.1 Å². The molecule has 2 N–H and O–H groups in total. The van der Waals surface area contributed by atoms with Crippen LogP contribution in [0.5, 0.6) is 0 Å². The van der Waals surface area contributed by atoms with Crippen molar-refractivity contribution < 1.29 is 4.79 Å². The van der Waals surface area contributed by atoms with Crippen molar-refractivity contribution in [2.75, 3.05) is 13.1 Å². The third-order valence-electron chi connectivity index (χ3n) is 4.06. The summed E-state index contributed by atoms with van der Waals surface area (Å²) in [6.45, 7) is 1.68. The molecule has 128 valence electrons. The van der Waals surface area contributed by atoms with Crippen molar-refractivity contribution in [3.8, 4) is 11.1 Å². The van der Waals surface area contributed by atoms with Crippen LogP contribution in [0.15, 0.2) is 42.5 Å². The Morgan fingerprint density at radius 2 is 2.00 bits per heavy atom. The number of nitrogens with one attached hydrogen (secondary N) is 2. The first-order chi connectivity index (χ1) is 11.1. The van der Waals surface area contributed by atoms with Crippen LogP contribution in [-0.2, 0) is 0 Å². The van der Waals surface area contributed by atoms with Crippen LogP contribution in [0.2, 0.25) is 10.0 Å². The Morgan fingerprint density at radius 1 is 1.21 bits per heavy atom. The Labute approximate surface area is 158 Å². The average Bonchev–Trinajstić information content (AvgIpc) is 3.09. The average molecular weight is 386 g/mol. The van der Waals surface area contributed by atoms with Gasteiger partial charge in [0.15, 0.2) is 0 Å². The minimum Gasteiger partial charge on any atom is -0.350 e. The van der Waals surface area contributed by atoms with Gasteiger partial charge in [-0.25, -0.2) is 0 Å². The summed E-state index contributed by atoms with van der Waals surface area (Å²) in [5.41, 5.74) is 2.33. The molecule has 1 saturated heterocycles. The van der Waals surface area contributed by atoms with E-state index in [-0.39, 0.29) is 18.3 Å². The molecule has 0 aromatic heterocycles. The number of amides is 1. The summed E-state index contributed by atoms with van der Waals surface area (Å²) in [6, 6.07) is 13.3. The lowest BCUT2D eigenvalue weighted by Crippen LogP contribution is -2.37. The van der Waals surface area contributed by atoms with Gasteiger partial charge in [-0.2, -0.15) is 0 Å². The molecule has 1 atom stereocenters. The Kier molecular flexibility index (Phi) is 6.93. The number of hydrogen-bond acceptors (Lipinski definition) is 2. The minimum atomic E-state index is -0.0706. The van der Waals surface area contributed by atoms with Crippen LogP contribution in [0.4, 0.5) is 0 Å². The maximum Gasteiger partial charge on any atom is 0.251 e. The summed E-state index contributed by atoms with van der Waals surface area (Å²) in [5, 5.41) is 7.36. The molecule has 1 heterocycles. The molecule has 6 heteroatoms. The second-order valence-electron chi connectivity index (χ2n) is 5.69. The van der Waals surface area contributed by atoms with E-state index in [2.05, 4.69) is 10.6 Å². The SMILES string of the molecule is Cl.O=C(NC[C@@H]1CCCN1)c1cccc(-c2cccc(Cl)c2Cl)c1. The van der Waals surface area contributed by atoms with E-state index < -0.39 is 0 Å². The molecule has 0 saturated carbocycles. The van der Waals surface area contributed by atoms with Gasteiger partial charge in [0.25, 0.3) is 5.91 Å². The maximum absolute atomic E-state index is 12.3. The van der Waals surface area contributed by atoms with Crippen LogP contribution in [0.3, 0.4) is 0 Å². The molecule has 0 bridgehead atoms. The second kappa shape index (κ2) is 8.72. The number of carbonyl (C=O) groups is 1. The van der Waals surface area contributed by atoms with Crippen LogP contribution in [0.25, 0.3) is 11.1 Å². The standard InChI is InChI=1S/C18H18Cl2N2O.ClH/c19-16-8-2-7-15(17(16)20)12-4-1-5-13(10-12)18(23)22-11-14-6-3-9-21-14;/h1-2,4-5,7-8,10,14,21H,3,6,9,11H2,(H,22,23);1H/t14-;/m0./s1. The largest absolute Gasteiger partial charge is 0.350 e. The molecule has 0 aliphatic carbocycles. The number of carbonyl (C=O) groups excluding carboxylic acids is 1. The number of benzene rings is 2. The van der Waals surface area contributed by atoms with E-state index in [1.807, 2.05) is 30.3 Å². The molecule has 24 heavy (non-hydrogen) atoms. The second-order valence-corrected chi connectivity index (χ2v) is 6.47. The quantitative estimate of drug-likeness (QED) is 0.810. The van der Waals surface area contributed by atoms with Crippen molar-refractivity contribution >= 4 is 41.5 Å². The van der Waals surface area contributed by atoms with Gasteiger partial charge < -0.3 is 10.6 Å². The predicted octanol–water partition coefficient (Wildman–Crippen LogP) is 4.56. The van der Waals surface area contributed by atoms with Gasteiger partial charge in [0, 0.05) is 23.7 Å². The van der Waals surface area contributed by atoms with Crippen molar-refractivity contribution in [1.82, 2.24) is 10.6 Å². The zero-order valence-electron chi connectivity index (χ0n) is 13.0. The Bertz CT molecular complexity index is 715. The molecule has 0 radical (unpaired) electrons. The molecule has 2 aromatic rings. The van der Waals surface area contributed by atoms with Gasteiger partial charge in [-0.15, -0.1) is 12.4 Å². The lowest BCUT2D eigenvalue weighted by Gasteiger charge is -2.12. The lowest BCUT2D eigenvalue weighted by molar-refractivity contribution is 0.0950. The number of halogens is 3. The number of rotatable bonds is 4. The molecule has 3 nitrogen and oxygen atoms in total. The van der Waals surface area contributed by atoms with Crippen LogP contribution < -0.4 is 10.6 Å². The molecule has 0 unspecified atom stereocenters. The molecule has 0 spiro atoms. The van der Waals surface area contributed by atoms with Gasteiger partial charge in [-0.1, -0.05) is 47.5 Å². The molecule has 1 fully saturated rings. The van der Waals surface area contributed by atoms with Crippen LogP contribution in [-0.4, -0.2) is 25.0 Å². The zero-order valence-corrected chi connectivity index (χ0v) is 15.3. The fraction of sp³-hybridized carbons (Fsp3) is 0.278. The normalized spacial score (nSPS) is 16.5. The molecule has 2 aromatic carbocycles. The van der Waals surface area contributed by atoms with E-state index in [9.17, 15) is 4.79 Å².